The van der Waals surface area contributed by atoms with Gasteiger partial charge in [0.2, 0.25) is 5.91 Å². The smallest absolute Gasteiger partial charge is 0.220 e. The fourth-order valence-electron chi connectivity index (χ4n) is 3.13. The molecule has 0 unspecified atom stereocenters. The van der Waals surface area contributed by atoms with Gasteiger partial charge in [-0.15, -0.1) is 0 Å². The lowest BCUT2D eigenvalue weighted by atomic mass is 9.77. The maximum atomic E-state index is 11.8. The van der Waals surface area contributed by atoms with Crippen molar-refractivity contribution in [3.05, 3.63) is 65.7 Å². The molecule has 0 aliphatic carbocycles. The summed E-state index contributed by atoms with van der Waals surface area (Å²) in [7, 11) is 1.69. The molecule has 108 valence electrons. The number of piperidine rings is 1. The van der Waals surface area contributed by atoms with Crippen LogP contribution in [0.1, 0.15) is 29.4 Å². The summed E-state index contributed by atoms with van der Waals surface area (Å²) in [5, 5.41) is 2.99. The highest BCUT2D eigenvalue weighted by Gasteiger charge is 2.32. The summed E-state index contributed by atoms with van der Waals surface area (Å²) < 4.78 is 5.50. The summed E-state index contributed by atoms with van der Waals surface area (Å²) in [6, 6.07) is 18.3. The molecule has 0 spiro atoms. The molecular weight excluding hydrogens is 262 g/mol. The van der Waals surface area contributed by atoms with Crippen LogP contribution in [0.5, 0.6) is 5.75 Å². The molecule has 1 saturated heterocycles. The molecule has 3 rings (SSSR count). The van der Waals surface area contributed by atoms with E-state index in [2.05, 4.69) is 23.5 Å². The molecule has 3 nitrogen and oxygen atoms in total. The molecule has 1 heterocycles. The quantitative estimate of drug-likeness (QED) is 0.939. The molecule has 2 aromatic rings. The number of amides is 1. The van der Waals surface area contributed by atoms with E-state index in [9.17, 15) is 4.79 Å². The number of methoxy groups -OCH3 is 1. The summed E-state index contributed by atoms with van der Waals surface area (Å²) >= 11 is 0. The highest BCUT2D eigenvalue weighted by molar-refractivity contribution is 5.78. The Balaban J connectivity index is 2.00. The van der Waals surface area contributed by atoms with E-state index in [-0.39, 0.29) is 17.7 Å². The van der Waals surface area contributed by atoms with Crippen LogP contribution >= 0.6 is 0 Å². The third kappa shape index (κ3) is 2.77. The fourth-order valence-corrected chi connectivity index (χ4v) is 3.13. The van der Waals surface area contributed by atoms with E-state index in [1.165, 1.54) is 5.56 Å². The second kappa shape index (κ2) is 6.00. The van der Waals surface area contributed by atoms with Gasteiger partial charge >= 0.3 is 0 Å². The maximum absolute atomic E-state index is 11.8. The molecule has 21 heavy (non-hydrogen) atoms. The number of nitrogens with one attached hydrogen (secondary N) is 1. The maximum Gasteiger partial charge on any atom is 0.220 e. The predicted molar refractivity (Wildman–Crippen MR) is 82.5 cm³/mol. The Morgan fingerprint density at radius 1 is 1.00 bits per heavy atom. The molecule has 1 aliphatic rings. The first-order chi connectivity index (χ1) is 10.3. The molecule has 0 aromatic heterocycles. The Hall–Kier alpha value is -2.29. The van der Waals surface area contributed by atoms with Crippen molar-refractivity contribution in [2.24, 2.45) is 0 Å². The zero-order chi connectivity index (χ0) is 14.7. The van der Waals surface area contributed by atoms with Crippen molar-refractivity contribution in [3.63, 3.8) is 0 Å². The zero-order valence-electron chi connectivity index (χ0n) is 12.1. The van der Waals surface area contributed by atoms with Crippen molar-refractivity contribution in [2.75, 3.05) is 13.7 Å². The highest BCUT2D eigenvalue weighted by atomic mass is 16.5. The minimum absolute atomic E-state index is 0.120. The molecular formula is C18H19NO2. The molecule has 1 N–H and O–H groups in total. The van der Waals surface area contributed by atoms with Gasteiger partial charge in [-0.05, 0) is 17.2 Å². The number of para-hydroxylation sites is 1. The van der Waals surface area contributed by atoms with E-state index in [0.717, 1.165) is 11.3 Å². The van der Waals surface area contributed by atoms with Crippen LogP contribution in [0.25, 0.3) is 0 Å². The number of hydrogen-bond donors (Lipinski definition) is 1. The SMILES string of the molecule is COc1ccccc1[C@@H]1CNC(=O)C[C@H]1c1ccccc1. The van der Waals surface area contributed by atoms with Crippen molar-refractivity contribution in [2.45, 2.75) is 18.3 Å². The van der Waals surface area contributed by atoms with Crippen LogP contribution in [0.2, 0.25) is 0 Å². The van der Waals surface area contributed by atoms with E-state index in [0.29, 0.717) is 13.0 Å². The van der Waals surface area contributed by atoms with Gasteiger partial charge < -0.3 is 10.1 Å². The van der Waals surface area contributed by atoms with Crippen LogP contribution in [0.4, 0.5) is 0 Å². The molecule has 0 saturated carbocycles. The summed E-state index contributed by atoms with van der Waals surface area (Å²) in [5.74, 6) is 1.44. The Morgan fingerprint density at radius 3 is 2.48 bits per heavy atom. The monoisotopic (exact) mass is 281 g/mol. The number of benzene rings is 2. The lowest BCUT2D eigenvalue weighted by molar-refractivity contribution is -0.123. The molecule has 0 radical (unpaired) electrons. The van der Waals surface area contributed by atoms with Crippen molar-refractivity contribution in [1.82, 2.24) is 5.32 Å². The van der Waals surface area contributed by atoms with Gasteiger partial charge in [-0.1, -0.05) is 48.5 Å². The minimum Gasteiger partial charge on any atom is -0.496 e. The van der Waals surface area contributed by atoms with E-state index in [4.69, 9.17) is 4.74 Å². The van der Waals surface area contributed by atoms with Crippen molar-refractivity contribution >= 4 is 5.91 Å². The van der Waals surface area contributed by atoms with Crippen molar-refractivity contribution in [3.8, 4) is 5.75 Å². The number of ether oxygens (including phenoxy) is 1. The standard InChI is InChI=1S/C18H19NO2/c1-21-17-10-6-5-9-14(17)16-12-19-18(20)11-15(16)13-7-3-2-4-8-13/h2-10,15-16H,11-12H2,1H3,(H,19,20)/t15-,16-/m0/s1. The van der Waals surface area contributed by atoms with Gasteiger partial charge in [0, 0.05) is 24.8 Å². The Bertz CT molecular complexity index is 624. The van der Waals surface area contributed by atoms with Gasteiger partial charge in [0.05, 0.1) is 7.11 Å². The zero-order valence-corrected chi connectivity index (χ0v) is 12.1. The summed E-state index contributed by atoms with van der Waals surface area (Å²) in [4.78, 5) is 11.8. The van der Waals surface area contributed by atoms with Crippen LogP contribution in [0.15, 0.2) is 54.6 Å². The molecule has 1 amide bonds. The minimum atomic E-state index is 0.120. The first-order valence-corrected chi connectivity index (χ1v) is 7.24. The number of carbonyl (C=O) groups is 1. The van der Waals surface area contributed by atoms with Crippen LogP contribution < -0.4 is 10.1 Å². The lowest BCUT2D eigenvalue weighted by Gasteiger charge is -2.33. The first-order valence-electron chi connectivity index (χ1n) is 7.24. The Labute approximate surface area is 124 Å². The normalized spacial score (nSPS) is 21.7. The largest absolute Gasteiger partial charge is 0.496 e. The van der Waals surface area contributed by atoms with Crippen molar-refractivity contribution in [1.29, 1.82) is 0 Å². The summed E-state index contributed by atoms with van der Waals surface area (Å²) in [6.45, 7) is 0.652. The second-order valence-corrected chi connectivity index (χ2v) is 5.37. The van der Waals surface area contributed by atoms with E-state index in [1.54, 1.807) is 7.11 Å². The number of hydrogen-bond acceptors (Lipinski definition) is 2. The van der Waals surface area contributed by atoms with Gasteiger partial charge in [-0.25, -0.2) is 0 Å². The van der Waals surface area contributed by atoms with Gasteiger partial charge in [0.25, 0.3) is 0 Å². The summed E-state index contributed by atoms with van der Waals surface area (Å²) in [5.41, 5.74) is 2.37. The summed E-state index contributed by atoms with van der Waals surface area (Å²) in [6.07, 6.45) is 0.521. The van der Waals surface area contributed by atoms with Crippen molar-refractivity contribution < 1.29 is 9.53 Å². The molecule has 3 heteroatoms. The van der Waals surface area contributed by atoms with Crippen LogP contribution in [-0.4, -0.2) is 19.6 Å². The topological polar surface area (TPSA) is 38.3 Å². The molecule has 1 aliphatic heterocycles. The second-order valence-electron chi connectivity index (χ2n) is 5.37. The molecule has 2 aromatic carbocycles. The molecule has 0 bridgehead atoms. The van der Waals surface area contributed by atoms with Gasteiger partial charge in [-0.3, -0.25) is 4.79 Å². The number of rotatable bonds is 3. The average Bonchev–Trinajstić information content (AvgIpc) is 2.55. The third-order valence-corrected chi connectivity index (χ3v) is 4.18. The number of carbonyl (C=O) groups excluding carboxylic acids is 1. The van der Waals surface area contributed by atoms with Crippen LogP contribution in [-0.2, 0) is 4.79 Å². The first kappa shape index (κ1) is 13.7. The predicted octanol–water partition coefficient (Wildman–Crippen LogP) is 3.08. The average molecular weight is 281 g/mol. The van der Waals surface area contributed by atoms with E-state index < -0.39 is 0 Å². The molecule has 2 atom stereocenters. The van der Waals surface area contributed by atoms with Crippen LogP contribution in [0.3, 0.4) is 0 Å². The third-order valence-electron chi connectivity index (χ3n) is 4.18. The molecule has 1 fully saturated rings. The Kier molecular flexibility index (Phi) is 3.91. The van der Waals surface area contributed by atoms with Gasteiger partial charge in [-0.2, -0.15) is 0 Å². The van der Waals surface area contributed by atoms with E-state index >= 15 is 0 Å². The highest BCUT2D eigenvalue weighted by Crippen LogP contribution is 2.40. The van der Waals surface area contributed by atoms with Crippen LogP contribution in [0, 0.1) is 0 Å². The lowest BCUT2D eigenvalue weighted by Crippen LogP contribution is -2.38. The van der Waals surface area contributed by atoms with E-state index in [1.807, 2.05) is 36.4 Å². The van der Waals surface area contributed by atoms with Gasteiger partial charge in [0.15, 0.2) is 0 Å². The van der Waals surface area contributed by atoms with Gasteiger partial charge in [0.1, 0.15) is 5.75 Å². The fraction of sp³-hybridized carbons (Fsp3) is 0.278. The Morgan fingerprint density at radius 2 is 1.71 bits per heavy atom.